The van der Waals surface area contributed by atoms with Gasteiger partial charge in [-0.2, -0.15) is 0 Å². The van der Waals surface area contributed by atoms with Crippen LogP contribution in [-0.2, 0) is 12.8 Å². The molecule has 0 radical (unpaired) electrons. The maximum Gasteiger partial charge on any atom is 0.0242 e. The number of rotatable bonds is 2. The molecule has 4 rings (SSSR count). The third-order valence-corrected chi connectivity index (χ3v) is 4.46. The first kappa shape index (κ1) is 12.9. The van der Waals surface area contributed by atoms with Gasteiger partial charge >= 0.3 is 0 Å². The first-order valence-corrected chi connectivity index (χ1v) is 7.60. The fourth-order valence-corrected chi connectivity index (χ4v) is 3.33. The molecule has 0 spiro atoms. The van der Waals surface area contributed by atoms with Crippen LogP contribution < -0.4 is 0 Å². The molecule has 0 heteroatoms. The molecule has 0 bridgehead atoms. The molecule has 0 nitrogen and oxygen atoms in total. The van der Waals surface area contributed by atoms with E-state index in [-0.39, 0.29) is 0 Å². The Morgan fingerprint density at radius 1 is 0.818 bits per heavy atom. The molecule has 22 heavy (non-hydrogen) atoms. The van der Waals surface area contributed by atoms with Crippen molar-refractivity contribution in [3.63, 3.8) is 0 Å². The summed E-state index contributed by atoms with van der Waals surface area (Å²) in [5.74, 6) is 2.67. The minimum Gasteiger partial charge on any atom is -0.115 e. The standard InChI is InChI=1S/C22H16/c1-2-16-10-12-17(13-11-16)14-18-7-5-9-21-20-8-4-3-6-19(20)15-22(18)21/h1,3-13H,14-15H2. The van der Waals surface area contributed by atoms with Gasteiger partial charge in [0.1, 0.15) is 0 Å². The molecule has 0 unspecified atom stereocenters. The summed E-state index contributed by atoms with van der Waals surface area (Å²) < 4.78 is 0. The van der Waals surface area contributed by atoms with E-state index in [9.17, 15) is 0 Å². The van der Waals surface area contributed by atoms with Gasteiger partial charge in [-0.15, -0.1) is 6.42 Å². The van der Waals surface area contributed by atoms with Crippen LogP contribution in [0.15, 0.2) is 66.7 Å². The molecule has 0 amide bonds. The van der Waals surface area contributed by atoms with E-state index in [0.29, 0.717) is 0 Å². The second-order valence-electron chi connectivity index (χ2n) is 5.80. The lowest BCUT2D eigenvalue weighted by Gasteiger charge is -2.09. The van der Waals surface area contributed by atoms with E-state index in [1.54, 1.807) is 0 Å². The van der Waals surface area contributed by atoms with Gasteiger partial charge in [-0.05, 0) is 58.4 Å². The maximum atomic E-state index is 5.42. The number of hydrogen-bond donors (Lipinski definition) is 0. The van der Waals surface area contributed by atoms with Crippen molar-refractivity contribution in [3.05, 3.63) is 94.5 Å². The summed E-state index contributed by atoms with van der Waals surface area (Å²) in [5, 5.41) is 0. The van der Waals surface area contributed by atoms with Crippen molar-refractivity contribution in [2.75, 3.05) is 0 Å². The molecule has 1 aliphatic carbocycles. The third-order valence-electron chi connectivity index (χ3n) is 4.46. The number of terminal acetylenes is 1. The normalized spacial score (nSPS) is 11.6. The van der Waals surface area contributed by atoms with Crippen LogP contribution in [0.5, 0.6) is 0 Å². The minimum atomic E-state index is 0.939. The van der Waals surface area contributed by atoms with Crippen molar-refractivity contribution in [2.45, 2.75) is 12.8 Å². The largest absolute Gasteiger partial charge is 0.115 e. The first-order chi connectivity index (χ1) is 10.8. The lowest BCUT2D eigenvalue weighted by atomic mass is 9.96. The van der Waals surface area contributed by atoms with Crippen molar-refractivity contribution in [3.8, 4) is 23.5 Å². The number of fused-ring (bicyclic) bond motifs is 3. The van der Waals surface area contributed by atoms with Crippen LogP contribution in [0.1, 0.15) is 27.8 Å². The highest BCUT2D eigenvalue weighted by Gasteiger charge is 2.20. The molecule has 0 saturated heterocycles. The molecular weight excluding hydrogens is 264 g/mol. The fraction of sp³-hybridized carbons (Fsp3) is 0.0909. The molecule has 3 aromatic carbocycles. The Morgan fingerprint density at radius 3 is 2.41 bits per heavy atom. The van der Waals surface area contributed by atoms with Crippen LogP contribution in [0.25, 0.3) is 11.1 Å². The Hall–Kier alpha value is -2.78. The Balaban J connectivity index is 1.71. The Morgan fingerprint density at radius 2 is 1.59 bits per heavy atom. The monoisotopic (exact) mass is 280 g/mol. The third kappa shape index (κ3) is 2.12. The van der Waals surface area contributed by atoms with Crippen molar-refractivity contribution in [1.82, 2.24) is 0 Å². The van der Waals surface area contributed by atoms with Gasteiger partial charge in [0.15, 0.2) is 0 Å². The van der Waals surface area contributed by atoms with Gasteiger partial charge in [0, 0.05) is 5.56 Å². The first-order valence-electron chi connectivity index (χ1n) is 7.60. The predicted octanol–water partition coefficient (Wildman–Crippen LogP) is 4.83. The Kier molecular flexibility index (Phi) is 3.06. The molecule has 104 valence electrons. The zero-order valence-corrected chi connectivity index (χ0v) is 12.3. The maximum absolute atomic E-state index is 5.42. The van der Waals surface area contributed by atoms with Gasteiger partial charge in [0.2, 0.25) is 0 Å². The van der Waals surface area contributed by atoms with Gasteiger partial charge < -0.3 is 0 Å². The molecule has 0 saturated carbocycles. The molecule has 0 N–H and O–H groups in total. The van der Waals surface area contributed by atoms with Crippen LogP contribution in [0.4, 0.5) is 0 Å². The van der Waals surface area contributed by atoms with Crippen LogP contribution in [0.3, 0.4) is 0 Å². The van der Waals surface area contributed by atoms with Gasteiger partial charge in [0.25, 0.3) is 0 Å². The highest BCUT2D eigenvalue weighted by Crippen LogP contribution is 2.38. The summed E-state index contributed by atoms with van der Waals surface area (Å²) in [4.78, 5) is 0. The van der Waals surface area contributed by atoms with E-state index >= 15 is 0 Å². The van der Waals surface area contributed by atoms with Crippen molar-refractivity contribution < 1.29 is 0 Å². The van der Waals surface area contributed by atoms with Crippen molar-refractivity contribution in [2.24, 2.45) is 0 Å². The topological polar surface area (TPSA) is 0 Å². The minimum absolute atomic E-state index is 0.939. The van der Waals surface area contributed by atoms with E-state index in [4.69, 9.17) is 6.42 Å². The van der Waals surface area contributed by atoms with Gasteiger partial charge in [-0.1, -0.05) is 60.5 Å². The summed E-state index contributed by atoms with van der Waals surface area (Å²) in [7, 11) is 0. The highest BCUT2D eigenvalue weighted by molar-refractivity contribution is 5.78. The summed E-state index contributed by atoms with van der Waals surface area (Å²) in [5.41, 5.74) is 9.37. The summed E-state index contributed by atoms with van der Waals surface area (Å²) in [6.45, 7) is 0. The predicted molar refractivity (Wildman–Crippen MR) is 91.9 cm³/mol. The number of benzene rings is 3. The molecule has 3 aromatic rings. The van der Waals surface area contributed by atoms with E-state index in [2.05, 4.69) is 60.5 Å². The van der Waals surface area contributed by atoms with Crippen molar-refractivity contribution >= 4 is 0 Å². The second kappa shape index (κ2) is 5.20. The Labute approximate surface area is 131 Å². The van der Waals surface area contributed by atoms with Crippen LogP contribution in [0.2, 0.25) is 0 Å². The SMILES string of the molecule is C#Cc1ccc(Cc2cccc3c2Cc2ccccc2-3)cc1. The van der Waals surface area contributed by atoms with E-state index in [1.165, 1.54) is 33.4 Å². The zero-order valence-electron chi connectivity index (χ0n) is 12.3. The Bertz CT molecular complexity index is 877. The van der Waals surface area contributed by atoms with Crippen LogP contribution in [-0.4, -0.2) is 0 Å². The highest BCUT2D eigenvalue weighted by atomic mass is 14.2. The van der Waals surface area contributed by atoms with Crippen LogP contribution >= 0.6 is 0 Å². The molecule has 0 heterocycles. The van der Waals surface area contributed by atoms with Crippen molar-refractivity contribution in [1.29, 1.82) is 0 Å². The van der Waals surface area contributed by atoms with Gasteiger partial charge in [0.05, 0.1) is 0 Å². The molecular formula is C22H16. The number of hydrogen-bond acceptors (Lipinski definition) is 0. The summed E-state index contributed by atoms with van der Waals surface area (Å²) in [6.07, 6.45) is 7.43. The van der Waals surface area contributed by atoms with E-state index in [0.717, 1.165) is 18.4 Å². The van der Waals surface area contributed by atoms with Gasteiger partial charge in [-0.25, -0.2) is 0 Å². The van der Waals surface area contributed by atoms with E-state index in [1.807, 2.05) is 12.1 Å². The van der Waals surface area contributed by atoms with Gasteiger partial charge in [-0.3, -0.25) is 0 Å². The molecule has 1 aliphatic rings. The molecule has 0 fully saturated rings. The second-order valence-corrected chi connectivity index (χ2v) is 5.80. The molecule has 0 aliphatic heterocycles. The smallest absolute Gasteiger partial charge is 0.0242 e. The quantitative estimate of drug-likeness (QED) is 0.461. The summed E-state index contributed by atoms with van der Waals surface area (Å²) >= 11 is 0. The lowest BCUT2D eigenvalue weighted by molar-refractivity contribution is 1.12. The molecule has 0 atom stereocenters. The van der Waals surface area contributed by atoms with Crippen LogP contribution in [0, 0.1) is 12.3 Å². The van der Waals surface area contributed by atoms with E-state index < -0.39 is 0 Å². The fourth-order valence-electron chi connectivity index (χ4n) is 3.33. The average Bonchev–Trinajstić information content (AvgIpc) is 2.95. The zero-order chi connectivity index (χ0) is 14.9. The molecule has 0 aromatic heterocycles. The lowest BCUT2D eigenvalue weighted by Crippen LogP contribution is -1.94. The average molecular weight is 280 g/mol. The summed E-state index contributed by atoms with van der Waals surface area (Å²) in [6, 6.07) is 23.7.